The number of thiazole rings is 1. The fourth-order valence-corrected chi connectivity index (χ4v) is 4.26. The van der Waals surface area contributed by atoms with Crippen molar-refractivity contribution in [3.63, 3.8) is 0 Å². The Hall–Kier alpha value is -2.34. The second-order valence-electron chi connectivity index (χ2n) is 6.97. The van der Waals surface area contributed by atoms with Gasteiger partial charge in [0.1, 0.15) is 5.75 Å². The van der Waals surface area contributed by atoms with Gasteiger partial charge in [0.05, 0.1) is 19.2 Å². The van der Waals surface area contributed by atoms with E-state index in [-0.39, 0.29) is 5.91 Å². The van der Waals surface area contributed by atoms with E-state index < -0.39 is 0 Å². The molecule has 0 unspecified atom stereocenters. The average Bonchev–Trinajstić information content (AvgIpc) is 3.24. The van der Waals surface area contributed by atoms with Gasteiger partial charge in [-0.05, 0) is 43.0 Å². The smallest absolute Gasteiger partial charge is 0.228 e. The molecule has 6 heteroatoms. The molecule has 1 fully saturated rings. The number of benzene rings is 1. The molecule has 136 valence electrons. The number of ether oxygens (including phenoxy) is 1. The Labute approximate surface area is 157 Å². The number of hydrogen-bond donors (Lipinski definition) is 0. The molecule has 4 rings (SSSR count). The van der Waals surface area contributed by atoms with Crippen LogP contribution in [0.4, 0.5) is 0 Å². The lowest BCUT2D eigenvalue weighted by Gasteiger charge is -2.30. The molecule has 3 aromatic rings. The minimum Gasteiger partial charge on any atom is -0.497 e. The van der Waals surface area contributed by atoms with Crippen molar-refractivity contribution in [2.24, 2.45) is 5.92 Å². The van der Waals surface area contributed by atoms with Crippen molar-refractivity contribution >= 4 is 22.2 Å². The molecule has 1 amide bonds. The summed E-state index contributed by atoms with van der Waals surface area (Å²) in [7, 11) is 1.66. The number of piperidine rings is 1. The third-order valence-corrected chi connectivity index (χ3v) is 6.03. The van der Waals surface area contributed by atoms with E-state index >= 15 is 0 Å². The van der Waals surface area contributed by atoms with Gasteiger partial charge in [0, 0.05) is 35.9 Å². The molecule has 3 heterocycles. The molecule has 0 spiro atoms. The Morgan fingerprint density at radius 3 is 2.69 bits per heavy atom. The summed E-state index contributed by atoms with van der Waals surface area (Å²) in [4.78, 5) is 20.3. The van der Waals surface area contributed by atoms with E-state index in [2.05, 4.69) is 11.3 Å². The summed E-state index contributed by atoms with van der Waals surface area (Å²) in [6.07, 6.45) is 4.68. The number of fused-ring (bicyclic) bond motifs is 1. The molecule has 0 N–H and O–H groups in total. The minimum absolute atomic E-state index is 0.219. The Morgan fingerprint density at radius 2 is 2.00 bits per heavy atom. The van der Waals surface area contributed by atoms with E-state index in [4.69, 9.17) is 9.72 Å². The Bertz CT molecular complexity index is 905. The van der Waals surface area contributed by atoms with Gasteiger partial charge in [0.2, 0.25) is 5.91 Å². The van der Waals surface area contributed by atoms with Crippen molar-refractivity contribution in [3.8, 4) is 17.0 Å². The second-order valence-corrected chi connectivity index (χ2v) is 7.81. The summed E-state index contributed by atoms with van der Waals surface area (Å²) in [5.41, 5.74) is 2.98. The number of likely N-dealkylation sites (tertiary alicyclic amines) is 1. The van der Waals surface area contributed by atoms with Crippen LogP contribution in [0.2, 0.25) is 0 Å². The highest BCUT2D eigenvalue weighted by Crippen LogP contribution is 2.26. The predicted octanol–water partition coefficient (Wildman–Crippen LogP) is 3.87. The zero-order valence-corrected chi connectivity index (χ0v) is 16.0. The first-order valence-electron chi connectivity index (χ1n) is 9.01. The number of nitrogens with zero attached hydrogens (tertiary/aromatic N) is 3. The molecule has 0 aliphatic carbocycles. The van der Waals surface area contributed by atoms with Crippen molar-refractivity contribution in [2.75, 3.05) is 20.2 Å². The number of carbonyl (C=O) groups is 1. The minimum atomic E-state index is 0.219. The van der Waals surface area contributed by atoms with Gasteiger partial charge in [-0.2, -0.15) is 0 Å². The van der Waals surface area contributed by atoms with Gasteiger partial charge in [-0.3, -0.25) is 9.20 Å². The van der Waals surface area contributed by atoms with Crippen LogP contribution in [0.3, 0.4) is 0 Å². The summed E-state index contributed by atoms with van der Waals surface area (Å²) in [5, 5.41) is 2.05. The van der Waals surface area contributed by atoms with Gasteiger partial charge < -0.3 is 9.64 Å². The Kier molecular flexibility index (Phi) is 4.68. The lowest BCUT2D eigenvalue weighted by Crippen LogP contribution is -2.38. The number of hydrogen-bond acceptors (Lipinski definition) is 4. The first-order chi connectivity index (χ1) is 12.6. The summed E-state index contributed by atoms with van der Waals surface area (Å²) in [6, 6.07) is 7.88. The summed E-state index contributed by atoms with van der Waals surface area (Å²) < 4.78 is 7.26. The SMILES string of the molecule is COc1ccc(-c2cn3c(CC(=O)N4CCC(C)CC4)csc3n2)cc1. The highest BCUT2D eigenvalue weighted by atomic mass is 32.1. The van der Waals surface area contributed by atoms with Crippen LogP contribution < -0.4 is 4.74 Å². The van der Waals surface area contributed by atoms with Gasteiger partial charge in [-0.1, -0.05) is 6.92 Å². The topological polar surface area (TPSA) is 46.8 Å². The molecule has 1 saturated heterocycles. The molecular formula is C20H23N3O2S. The highest BCUT2D eigenvalue weighted by Gasteiger charge is 2.21. The molecule has 1 aliphatic heterocycles. The van der Waals surface area contributed by atoms with Crippen LogP contribution in [-0.4, -0.2) is 40.4 Å². The molecule has 5 nitrogen and oxygen atoms in total. The summed E-state index contributed by atoms with van der Waals surface area (Å²) in [5.74, 6) is 1.78. The van der Waals surface area contributed by atoms with Crippen LogP contribution in [-0.2, 0) is 11.2 Å². The normalized spacial score (nSPS) is 15.5. The van der Waals surface area contributed by atoms with Crippen molar-refractivity contribution < 1.29 is 9.53 Å². The van der Waals surface area contributed by atoms with Gasteiger partial charge in [0.15, 0.2) is 4.96 Å². The van der Waals surface area contributed by atoms with E-state index in [0.29, 0.717) is 6.42 Å². The number of aromatic nitrogens is 2. The molecule has 26 heavy (non-hydrogen) atoms. The lowest BCUT2D eigenvalue weighted by molar-refractivity contribution is -0.131. The molecule has 0 atom stereocenters. The van der Waals surface area contributed by atoms with E-state index in [1.165, 1.54) is 0 Å². The largest absolute Gasteiger partial charge is 0.497 e. The number of imidazole rings is 1. The fourth-order valence-electron chi connectivity index (χ4n) is 3.38. The van der Waals surface area contributed by atoms with Crippen LogP contribution in [0.1, 0.15) is 25.5 Å². The molecule has 0 radical (unpaired) electrons. The second kappa shape index (κ2) is 7.11. The molecule has 0 saturated carbocycles. The summed E-state index contributed by atoms with van der Waals surface area (Å²) in [6.45, 7) is 4.03. The molecule has 1 aliphatic rings. The van der Waals surface area contributed by atoms with Crippen molar-refractivity contribution in [2.45, 2.75) is 26.2 Å². The zero-order valence-electron chi connectivity index (χ0n) is 15.1. The van der Waals surface area contributed by atoms with Gasteiger partial charge >= 0.3 is 0 Å². The third-order valence-electron chi connectivity index (χ3n) is 5.14. The first kappa shape index (κ1) is 17.1. The van der Waals surface area contributed by atoms with E-state index in [9.17, 15) is 4.79 Å². The maximum Gasteiger partial charge on any atom is 0.228 e. The van der Waals surface area contributed by atoms with Gasteiger partial charge in [0.25, 0.3) is 0 Å². The quantitative estimate of drug-likeness (QED) is 0.701. The van der Waals surface area contributed by atoms with E-state index in [1.807, 2.05) is 40.7 Å². The van der Waals surface area contributed by atoms with Crippen LogP contribution in [0, 0.1) is 5.92 Å². The number of amides is 1. The average molecular weight is 369 g/mol. The number of methoxy groups -OCH3 is 1. The zero-order chi connectivity index (χ0) is 18.1. The maximum atomic E-state index is 12.6. The van der Waals surface area contributed by atoms with Crippen LogP contribution in [0.5, 0.6) is 5.75 Å². The van der Waals surface area contributed by atoms with Gasteiger partial charge in [-0.15, -0.1) is 11.3 Å². The third kappa shape index (κ3) is 3.33. The van der Waals surface area contributed by atoms with Crippen LogP contribution in [0.15, 0.2) is 35.8 Å². The van der Waals surface area contributed by atoms with Crippen LogP contribution >= 0.6 is 11.3 Å². The molecule has 1 aromatic carbocycles. The number of rotatable bonds is 4. The van der Waals surface area contributed by atoms with E-state index in [0.717, 1.165) is 59.5 Å². The number of carbonyl (C=O) groups excluding carboxylic acids is 1. The van der Waals surface area contributed by atoms with Gasteiger partial charge in [-0.25, -0.2) is 4.98 Å². The fraction of sp³-hybridized carbons (Fsp3) is 0.400. The first-order valence-corrected chi connectivity index (χ1v) is 9.89. The standard InChI is InChI=1S/C20H23N3O2S/c1-14-7-9-22(10-8-14)19(24)11-16-13-26-20-21-18(12-23(16)20)15-3-5-17(25-2)6-4-15/h3-6,12-14H,7-11H2,1-2H3. The molecular weight excluding hydrogens is 346 g/mol. The van der Waals surface area contributed by atoms with Crippen molar-refractivity contribution in [1.82, 2.24) is 14.3 Å². The summed E-state index contributed by atoms with van der Waals surface area (Å²) >= 11 is 1.58. The highest BCUT2D eigenvalue weighted by molar-refractivity contribution is 7.15. The molecule has 0 bridgehead atoms. The van der Waals surface area contributed by atoms with Crippen LogP contribution in [0.25, 0.3) is 16.2 Å². The van der Waals surface area contributed by atoms with Crippen molar-refractivity contribution in [3.05, 3.63) is 41.5 Å². The monoisotopic (exact) mass is 369 g/mol. The Balaban J connectivity index is 1.53. The molecule has 2 aromatic heterocycles. The maximum absolute atomic E-state index is 12.6. The predicted molar refractivity (Wildman–Crippen MR) is 104 cm³/mol. The lowest BCUT2D eigenvalue weighted by atomic mass is 9.99. The van der Waals surface area contributed by atoms with E-state index in [1.54, 1.807) is 18.4 Å². The van der Waals surface area contributed by atoms with Crippen molar-refractivity contribution in [1.29, 1.82) is 0 Å². The Morgan fingerprint density at radius 1 is 1.27 bits per heavy atom.